The number of aliphatic carboxylic acids is 1. The molecule has 0 aliphatic heterocycles. The molecule has 32 heavy (non-hydrogen) atoms. The van der Waals surface area contributed by atoms with E-state index in [4.69, 9.17) is 4.74 Å². The fourth-order valence-electron chi connectivity index (χ4n) is 3.49. The second-order valence-electron chi connectivity index (χ2n) is 7.61. The Kier molecular flexibility index (Phi) is 7.97. The summed E-state index contributed by atoms with van der Waals surface area (Å²) in [5, 5.41) is 9.79. The molecule has 6 nitrogen and oxygen atoms in total. The molecule has 0 radical (unpaired) electrons. The molecule has 3 aromatic rings. The van der Waals surface area contributed by atoms with E-state index < -0.39 is 5.97 Å². The van der Waals surface area contributed by atoms with E-state index in [-0.39, 0.29) is 5.97 Å². The zero-order valence-electron chi connectivity index (χ0n) is 18.5. The van der Waals surface area contributed by atoms with Crippen LogP contribution in [0.4, 0.5) is 0 Å². The van der Waals surface area contributed by atoms with Gasteiger partial charge >= 0.3 is 11.9 Å². The maximum absolute atomic E-state index is 11.9. The van der Waals surface area contributed by atoms with E-state index in [1.165, 1.54) is 7.11 Å². The lowest BCUT2D eigenvalue weighted by molar-refractivity contribution is -0.132. The van der Waals surface area contributed by atoms with Crippen LogP contribution in [0.25, 0.3) is 6.08 Å². The van der Waals surface area contributed by atoms with Crippen molar-refractivity contribution in [3.8, 4) is 0 Å². The number of carbonyl (C=O) groups excluding carboxylic acids is 1. The molecule has 1 N–H and O–H groups in total. The molecule has 0 spiro atoms. The van der Waals surface area contributed by atoms with Crippen LogP contribution in [0.2, 0.25) is 0 Å². The summed E-state index contributed by atoms with van der Waals surface area (Å²) < 4.78 is 6.81. The smallest absolute Gasteiger partial charge is 0.337 e. The van der Waals surface area contributed by atoms with E-state index in [1.807, 2.05) is 42.5 Å². The molecule has 3 rings (SSSR count). The van der Waals surface area contributed by atoms with Crippen molar-refractivity contribution >= 4 is 18.0 Å². The molecular weight excluding hydrogens is 404 g/mol. The summed E-state index contributed by atoms with van der Waals surface area (Å²) in [5.74, 6) is -0.405. The standard InChI is InChI=1S/C26H28N2O4/c1-3-4-10-24-27-17-23(16-22(25(29)30)15-19-8-6-5-7-9-19)28(24)18-20-11-13-21(14-12-20)26(31)32-2/h5-9,11-14,16-17H,3-4,10,15,18H2,1-2H3,(H,29,30). The summed E-state index contributed by atoms with van der Waals surface area (Å²) in [6.45, 7) is 2.66. The van der Waals surface area contributed by atoms with Crippen LogP contribution in [-0.4, -0.2) is 33.7 Å². The number of esters is 1. The summed E-state index contributed by atoms with van der Waals surface area (Å²) in [5.41, 5.74) is 3.48. The molecule has 6 heteroatoms. The third-order valence-electron chi connectivity index (χ3n) is 5.27. The van der Waals surface area contributed by atoms with Crippen molar-refractivity contribution in [1.29, 1.82) is 0 Å². The number of hydrogen-bond donors (Lipinski definition) is 1. The summed E-state index contributed by atoms with van der Waals surface area (Å²) in [4.78, 5) is 28.2. The molecule has 0 aliphatic carbocycles. The molecule has 0 bridgehead atoms. The van der Waals surface area contributed by atoms with Gasteiger partial charge in [-0.05, 0) is 35.8 Å². The summed E-state index contributed by atoms with van der Waals surface area (Å²) in [6.07, 6.45) is 6.63. The minimum Gasteiger partial charge on any atom is -0.478 e. The van der Waals surface area contributed by atoms with Crippen LogP contribution in [0.15, 0.2) is 66.4 Å². The van der Waals surface area contributed by atoms with Gasteiger partial charge in [-0.3, -0.25) is 0 Å². The monoisotopic (exact) mass is 432 g/mol. The number of carboxylic acid groups (broad SMARTS) is 1. The number of methoxy groups -OCH3 is 1. The Morgan fingerprint density at radius 2 is 1.78 bits per heavy atom. The van der Waals surface area contributed by atoms with Crippen LogP contribution in [0, 0.1) is 0 Å². The van der Waals surface area contributed by atoms with Crippen LogP contribution >= 0.6 is 0 Å². The van der Waals surface area contributed by atoms with E-state index in [9.17, 15) is 14.7 Å². The molecular formula is C26H28N2O4. The lowest BCUT2D eigenvalue weighted by atomic mass is 10.0. The number of unbranched alkanes of at least 4 members (excludes halogenated alkanes) is 1. The van der Waals surface area contributed by atoms with Gasteiger partial charge in [0.25, 0.3) is 0 Å². The number of rotatable bonds is 10. The highest BCUT2D eigenvalue weighted by atomic mass is 16.5. The lowest BCUT2D eigenvalue weighted by Crippen LogP contribution is -2.10. The van der Waals surface area contributed by atoms with Crippen molar-refractivity contribution in [3.63, 3.8) is 0 Å². The van der Waals surface area contributed by atoms with Crippen molar-refractivity contribution in [1.82, 2.24) is 9.55 Å². The van der Waals surface area contributed by atoms with Gasteiger partial charge in [-0.2, -0.15) is 0 Å². The first-order valence-electron chi connectivity index (χ1n) is 10.7. The highest BCUT2D eigenvalue weighted by Crippen LogP contribution is 2.18. The first kappa shape index (κ1) is 23.0. The van der Waals surface area contributed by atoms with Crippen molar-refractivity contribution in [2.24, 2.45) is 0 Å². The van der Waals surface area contributed by atoms with Gasteiger partial charge in [0.05, 0.1) is 24.6 Å². The fourth-order valence-corrected chi connectivity index (χ4v) is 3.49. The lowest BCUT2D eigenvalue weighted by Gasteiger charge is -2.12. The molecule has 2 aromatic carbocycles. The van der Waals surface area contributed by atoms with Crippen molar-refractivity contribution in [2.45, 2.75) is 39.2 Å². The van der Waals surface area contributed by atoms with Crippen molar-refractivity contribution < 1.29 is 19.4 Å². The SMILES string of the molecule is CCCCc1ncc(C=C(Cc2ccccc2)C(=O)O)n1Cc1ccc(C(=O)OC)cc1. The van der Waals surface area contributed by atoms with Gasteiger partial charge in [0.15, 0.2) is 0 Å². The second-order valence-corrected chi connectivity index (χ2v) is 7.61. The minimum absolute atomic E-state index is 0.306. The Morgan fingerprint density at radius 1 is 1.06 bits per heavy atom. The zero-order chi connectivity index (χ0) is 22.9. The average Bonchev–Trinajstić information content (AvgIpc) is 3.18. The molecule has 0 saturated heterocycles. The van der Waals surface area contributed by atoms with E-state index in [0.29, 0.717) is 24.1 Å². The molecule has 0 aliphatic rings. The number of ether oxygens (including phenoxy) is 1. The van der Waals surface area contributed by atoms with Gasteiger partial charge in [-0.1, -0.05) is 55.8 Å². The first-order chi connectivity index (χ1) is 15.5. The van der Waals surface area contributed by atoms with E-state index in [0.717, 1.165) is 41.9 Å². The molecule has 0 saturated carbocycles. The number of carbonyl (C=O) groups is 2. The number of nitrogens with zero attached hydrogens (tertiary/aromatic N) is 2. The van der Waals surface area contributed by atoms with E-state index >= 15 is 0 Å². The maximum atomic E-state index is 11.9. The average molecular weight is 433 g/mol. The number of benzene rings is 2. The maximum Gasteiger partial charge on any atom is 0.337 e. The highest BCUT2D eigenvalue weighted by Gasteiger charge is 2.14. The van der Waals surface area contributed by atoms with Gasteiger partial charge < -0.3 is 14.4 Å². The van der Waals surface area contributed by atoms with Gasteiger partial charge in [-0.15, -0.1) is 0 Å². The number of hydrogen-bond acceptors (Lipinski definition) is 4. The zero-order valence-corrected chi connectivity index (χ0v) is 18.5. The van der Waals surface area contributed by atoms with Gasteiger partial charge in [0.1, 0.15) is 5.82 Å². The van der Waals surface area contributed by atoms with Gasteiger partial charge in [-0.25, -0.2) is 14.6 Å². The molecule has 1 heterocycles. The minimum atomic E-state index is -0.945. The van der Waals surface area contributed by atoms with Gasteiger partial charge in [0, 0.05) is 25.0 Å². The Hall–Kier alpha value is -3.67. The van der Waals surface area contributed by atoms with E-state index in [2.05, 4.69) is 16.5 Å². The quantitative estimate of drug-likeness (QED) is 0.369. The summed E-state index contributed by atoms with van der Waals surface area (Å²) in [6, 6.07) is 16.8. The first-order valence-corrected chi connectivity index (χ1v) is 10.7. The summed E-state index contributed by atoms with van der Waals surface area (Å²) in [7, 11) is 1.36. The topological polar surface area (TPSA) is 81.4 Å². The van der Waals surface area contributed by atoms with Crippen LogP contribution in [0.5, 0.6) is 0 Å². The Labute approximate surface area is 188 Å². The molecule has 0 fully saturated rings. The van der Waals surface area contributed by atoms with Gasteiger partial charge in [0.2, 0.25) is 0 Å². The molecule has 1 aromatic heterocycles. The van der Waals surface area contributed by atoms with E-state index in [1.54, 1.807) is 24.4 Å². The van der Waals surface area contributed by atoms with Crippen LogP contribution in [0.3, 0.4) is 0 Å². The third-order valence-corrected chi connectivity index (χ3v) is 5.27. The van der Waals surface area contributed by atoms with Crippen LogP contribution in [0.1, 0.15) is 52.8 Å². The molecule has 0 unspecified atom stereocenters. The third kappa shape index (κ3) is 5.94. The number of imidazole rings is 1. The second kappa shape index (κ2) is 11.1. The molecule has 0 atom stereocenters. The van der Waals surface area contributed by atoms with Crippen molar-refractivity contribution in [3.05, 3.63) is 94.6 Å². The Morgan fingerprint density at radius 3 is 2.41 bits per heavy atom. The predicted molar refractivity (Wildman–Crippen MR) is 123 cm³/mol. The Bertz CT molecular complexity index is 1080. The van der Waals surface area contributed by atoms with Crippen LogP contribution in [-0.2, 0) is 28.9 Å². The number of carboxylic acids is 1. The number of aryl methyl sites for hydroxylation is 1. The molecule has 166 valence electrons. The predicted octanol–water partition coefficient (Wildman–Crippen LogP) is 4.77. The normalized spacial score (nSPS) is 11.4. The highest BCUT2D eigenvalue weighted by molar-refractivity contribution is 5.92. The Balaban J connectivity index is 1.93. The fraction of sp³-hybridized carbons (Fsp3) is 0.269. The van der Waals surface area contributed by atoms with Crippen molar-refractivity contribution in [2.75, 3.05) is 7.11 Å². The number of aromatic nitrogens is 2. The largest absolute Gasteiger partial charge is 0.478 e. The van der Waals surface area contributed by atoms with Crippen LogP contribution < -0.4 is 0 Å². The summed E-state index contributed by atoms with van der Waals surface area (Å²) >= 11 is 0. The molecule has 0 amide bonds.